The molecule has 0 radical (unpaired) electrons. The molecule has 132 valence electrons. The molecule has 1 aliphatic heterocycles. The van der Waals surface area contributed by atoms with E-state index in [1.807, 2.05) is 27.2 Å². The molecule has 1 heterocycles. The Morgan fingerprint density at radius 3 is 2.28 bits per heavy atom. The molecular formula is C18H20FN2O3S+. The van der Waals surface area contributed by atoms with Crippen LogP contribution in [0, 0.1) is 5.82 Å². The average Bonchev–Trinajstić information content (AvgIpc) is 2.52. The minimum atomic E-state index is -3.83. The molecule has 0 fully saturated rings. The zero-order valence-electron chi connectivity index (χ0n) is 14.2. The predicted octanol–water partition coefficient (Wildman–Crippen LogP) is 2.33. The van der Waals surface area contributed by atoms with Gasteiger partial charge in [-0.3, -0.25) is 4.48 Å². The maximum atomic E-state index is 13.3. The third kappa shape index (κ3) is 3.58. The highest BCUT2D eigenvalue weighted by Gasteiger charge is 2.31. The number of ether oxygens (including phenoxy) is 1. The number of primary sulfonamides is 1. The molecule has 7 heteroatoms. The number of hydrogen-bond donors (Lipinski definition) is 1. The lowest BCUT2D eigenvalue weighted by Crippen LogP contribution is -2.48. The summed E-state index contributed by atoms with van der Waals surface area (Å²) in [4.78, 5) is -0.00762. The monoisotopic (exact) mass is 363 g/mol. The van der Waals surface area contributed by atoms with Gasteiger partial charge in [0.15, 0.2) is 0 Å². The fourth-order valence-corrected chi connectivity index (χ4v) is 3.19. The molecule has 2 aromatic rings. The second kappa shape index (κ2) is 5.94. The van der Waals surface area contributed by atoms with Gasteiger partial charge < -0.3 is 4.74 Å². The SMILES string of the molecule is C[N+](C)(C)C1C=C(c2ccc(F)cc2)c2ccc(S(N)(=O)=O)cc2O1. The van der Waals surface area contributed by atoms with E-state index in [9.17, 15) is 12.8 Å². The van der Waals surface area contributed by atoms with Gasteiger partial charge in [0.2, 0.25) is 10.0 Å². The van der Waals surface area contributed by atoms with Gasteiger partial charge in [-0.15, -0.1) is 0 Å². The van der Waals surface area contributed by atoms with Gasteiger partial charge in [-0.05, 0) is 35.4 Å². The zero-order chi connectivity index (χ0) is 18.4. The van der Waals surface area contributed by atoms with Crippen LogP contribution in [0.2, 0.25) is 0 Å². The second-order valence-corrected chi connectivity index (χ2v) is 8.48. The molecule has 1 unspecified atom stereocenters. The van der Waals surface area contributed by atoms with Crippen LogP contribution in [0.4, 0.5) is 4.39 Å². The minimum absolute atomic E-state index is 0.00762. The van der Waals surface area contributed by atoms with Gasteiger partial charge in [0.05, 0.1) is 26.0 Å². The molecule has 3 rings (SSSR count). The van der Waals surface area contributed by atoms with Gasteiger partial charge >= 0.3 is 0 Å². The Hall–Kier alpha value is -2.22. The fourth-order valence-electron chi connectivity index (χ4n) is 2.66. The molecule has 0 amide bonds. The summed E-state index contributed by atoms with van der Waals surface area (Å²) in [5.41, 5.74) is 2.43. The molecule has 1 atom stereocenters. The van der Waals surface area contributed by atoms with Crippen molar-refractivity contribution in [2.45, 2.75) is 11.1 Å². The Morgan fingerprint density at radius 1 is 1.08 bits per heavy atom. The normalized spacial score (nSPS) is 17.5. The summed E-state index contributed by atoms with van der Waals surface area (Å²) < 4.78 is 43.1. The number of fused-ring (bicyclic) bond motifs is 1. The number of sulfonamides is 1. The third-order valence-corrected chi connectivity index (χ3v) is 4.96. The maximum absolute atomic E-state index is 13.3. The van der Waals surface area contributed by atoms with Crippen molar-refractivity contribution in [3.05, 3.63) is 65.5 Å². The van der Waals surface area contributed by atoms with Crippen LogP contribution in [0.25, 0.3) is 5.57 Å². The molecule has 1 aliphatic rings. The Balaban J connectivity index is 2.18. The van der Waals surface area contributed by atoms with Crippen molar-refractivity contribution in [1.29, 1.82) is 0 Å². The van der Waals surface area contributed by atoms with Crippen molar-refractivity contribution in [3.63, 3.8) is 0 Å². The number of likely N-dealkylation sites (N-methyl/N-ethyl adjacent to an activating group) is 1. The average molecular weight is 363 g/mol. The molecule has 0 saturated carbocycles. The highest BCUT2D eigenvalue weighted by Crippen LogP contribution is 2.38. The number of nitrogens with two attached hydrogens (primary N) is 1. The van der Waals surface area contributed by atoms with Crippen molar-refractivity contribution in [1.82, 2.24) is 0 Å². The topological polar surface area (TPSA) is 69.4 Å². The number of benzene rings is 2. The van der Waals surface area contributed by atoms with Crippen LogP contribution in [-0.4, -0.2) is 40.3 Å². The van der Waals surface area contributed by atoms with Crippen LogP contribution in [0.1, 0.15) is 11.1 Å². The van der Waals surface area contributed by atoms with Gasteiger partial charge in [-0.25, -0.2) is 17.9 Å². The van der Waals surface area contributed by atoms with E-state index >= 15 is 0 Å². The summed E-state index contributed by atoms with van der Waals surface area (Å²) in [6.45, 7) is 0. The van der Waals surface area contributed by atoms with Crippen molar-refractivity contribution in [2.24, 2.45) is 5.14 Å². The molecule has 0 saturated heterocycles. The second-order valence-electron chi connectivity index (χ2n) is 6.91. The summed E-state index contributed by atoms with van der Waals surface area (Å²) in [5.74, 6) is 0.121. The van der Waals surface area contributed by atoms with Crippen molar-refractivity contribution >= 4 is 15.6 Å². The number of quaternary nitrogens is 1. The lowest BCUT2D eigenvalue weighted by atomic mass is 9.94. The molecule has 0 spiro atoms. The van der Waals surface area contributed by atoms with E-state index in [4.69, 9.17) is 9.88 Å². The number of hydrogen-bond acceptors (Lipinski definition) is 3. The first-order valence-corrected chi connectivity index (χ1v) is 9.23. The van der Waals surface area contributed by atoms with E-state index < -0.39 is 10.0 Å². The van der Waals surface area contributed by atoms with E-state index in [1.165, 1.54) is 24.3 Å². The Kier molecular flexibility index (Phi) is 4.18. The largest absolute Gasteiger partial charge is 0.438 e. The third-order valence-electron chi connectivity index (χ3n) is 4.05. The van der Waals surface area contributed by atoms with Crippen molar-refractivity contribution in [3.8, 4) is 5.75 Å². The number of nitrogens with zero attached hydrogens (tertiary/aromatic N) is 1. The highest BCUT2D eigenvalue weighted by molar-refractivity contribution is 7.89. The van der Waals surface area contributed by atoms with Gasteiger partial charge in [0.25, 0.3) is 6.23 Å². The molecule has 5 nitrogen and oxygen atoms in total. The van der Waals surface area contributed by atoms with Gasteiger partial charge in [-0.2, -0.15) is 0 Å². The first-order chi connectivity index (χ1) is 11.6. The van der Waals surface area contributed by atoms with E-state index in [-0.39, 0.29) is 16.9 Å². The van der Waals surface area contributed by atoms with E-state index in [1.54, 1.807) is 18.2 Å². The molecule has 0 aromatic heterocycles. The summed E-state index contributed by atoms with van der Waals surface area (Å²) in [6, 6.07) is 10.7. The van der Waals surface area contributed by atoms with Gasteiger partial charge in [0, 0.05) is 17.7 Å². The highest BCUT2D eigenvalue weighted by atomic mass is 32.2. The Labute approximate surface area is 146 Å². The molecule has 2 N–H and O–H groups in total. The smallest absolute Gasteiger partial charge is 0.253 e. The molecule has 0 aliphatic carbocycles. The van der Waals surface area contributed by atoms with E-state index in [0.29, 0.717) is 10.2 Å². The number of rotatable bonds is 3. The van der Waals surface area contributed by atoms with Crippen molar-refractivity contribution in [2.75, 3.05) is 21.1 Å². The van der Waals surface area contributed by atoms with E-state index in [0.717, 1.165) is 16.7 Å². The van der Waals surface area contributed by atoms with Crippen molar-refractivity contribution < 1.29 is 22.0 Å². The van der Waals surface area contributed by atoms with Crippen LogP contribution in [0.3, 0.4) is 0 Å². The summed E-state index contributed by atoms with van der Waals surface area (Å²) in [7, 11) is 2.08. The predicted molar refractivity (Wildman–Crippen MR) is 93.7 cm³/mol. The molecule has 0 bridgehead atoms. The molecule has 25 heavy (non-hydrogen) atoms. The van der Waals surface area contributed by atoms with E-state index in [2.05, 4.69) is 0 Å². The minimum Gasteiger partial charge on any atom is -0.438 e. The van der Waals surface area contributed by atoms with Gasteiger partial charge in [-0.1, -0.05) is 12.1 Å². The summed E-state index contributed by atoms with van der Waals surface area (Å²) in [5, 5.41) is 5.23. The Bertz CT molecular complexity index is 945. The van der Waals surface area contributed by atoms with Crippen LogP contribution in [0.5, 0.6) is 5.75 Å². The van der Waals surface area contributed by atoms with Crippen LogP contribution >= 0.6 is 0 Å². The molecule has 2 aromatic carbocycles. The summed E-state index contributed by atoms with van der Waals surface area (Å²) >= 11 is 0. The fraction of sp³-hybridized carbons (Fsp3) is 0.222. The lowest BCUT2D eigenvalue weighted by molar-refractivity contribution is -0.907. The van der Waals surface area contributed by atoms with Gasteiger partial charge in [0.1, 0.15) is 11.6 Å². The number of halogens is 1. The molecular weight excluding hydrogens is 343 g/mol. The Morgan fingerprint density at radius 2 is 1.72 bits per heavy atom. The first-order valence-electron chi connectivity index (χ1n) is 7.68. The maximum Gasteiger partial charge on any atom is 0.253 e. The standard InChI is InChI=1S/C18H20FN2O3S/c1-21(2,3)18-11-16(12-4-6-13(19)7-5-12)15-9-8-14(25(20,22)23)10-17(15)24-18/h4-11,18H,1-3H3,(H2,20,22,23)/q+1. The lowest BCUT2D eigenvalue weighted by Gasteiger charge is -2.35. The quantitative estimate of drug-likeness (QED) is 0.851. The summed E-state index contributed by atoms with van der Waals surface area (Å²) in [6.07, 6.45) is 1.63. The van der Waals surface area contributed by atoms with Crippen LogP contribution in [0.15, 0.2) is 53.4 Å². The van der Waals surface area contributed by atoms with Crippen LogP contribution < -0.4 is 9.88 Å². The zero-order valence-corrected chi connectivity index (χ0v) is 15.0. The van der Waals surface area contributed by atoms with Crippen LogP contribution in [-0.2, 0) is 10.0 Å². The first kappa shape index (κ1) is 17.6.